The number of guanidine groups is 1. The second-order valence-corrected chi connectivity index (χ2v) is 8.15. The van der Waals surface area contributed by atoms with Gasteiger partial charge in [-0.1, -0.05) is 60.7 Å². The van der Waals surface area contributed by atoms with Gasteiger partial charge < -0.3 is 19.9 Å². The van der Waals surface area contributed by atoms with Gasteiger partial charge in [-0.15, -0.1) is 0 Å². The van der Waals surface area contributed by atoms with Gasteiger partial charge in [0.1, 0.15) is 5.54 Å². The number of nitrogens with zero attached hydrogens (tertiary/aromatic N) is 5. The lowest BCUT2D eigenvalue weighted by atomic mass is 9.85. The van der Waals surface area contributed by atoms with Gasteiger partial charge in [-0.05, 0) is 5.56 Å². The van der Waals surface area contributed by atoms with Crippen LogP contribution in [0.15, 0.2) is 70.6 Å². The molecule has 1 aliphatic heterocycles. The molecule has 1 unspecified atom stereocenters. The topological polar surface area (TPSA) is 80.1 Å². The highest BCUT2D eigenvalue weighted by Gasteiger charge is 2.42. The summed E-state index contributed by atoms with van der Waals surface area (Å²) >= 11 is 0. The molecule has 2 aromatic carbocycles. The molecule has 160 valence electrons. The standard InChI is InChI=1S/C24H28N6O/c1-29(2)22-25-19(20(26-22)17-11-7-5-8-12-17)15-24(16-31)21(18-13-9-6-10-14-18)27-23(28-24)30(3)4/h5-14,31H,15-16H2,1-4H3,(H,25,26). The Kier molecular flexibility index (Phi) is 5.61. The van der Waals surface area contributed by atoms with Crippen molar-refractivity contribution < 1.29 is 5.11 Å². The number of nitrogens with one attached hydrogen (secondary N) is 1. The predicted octanol–water partition coefficient (Wildman–Crippen LogP) is 2.84. The molecule has 0 spiro atoms. The highest BCUT2D eigenvalue weighted by atomic mass is 16.3. The molecule has 0 radical (unpaired) electrons. The number of aliphatic hydroxyl groups excluding tert-OH is 1. The average Bonchev–Trinajstić information content (AvgIpc) is 3.38. The molecule has 0 aliphatic carbocycles. The minimum Gasteiger partial charge on any atom is -0.393 e. The van der Waals surface area contributed by atoms with Gasteiger partial charge in [-0.2, -0.15) is 0 Å². The maximum Gasteiger partial charge on any atom is 0.221 e. The second-order valence-electron chi connectivity index (χ2n) is 8.15. The fourth-order valence-electron chi connectivity index (χ4n) is 3.75. The lowest BCUT2D eigenvalue weighted by Crippen LogP contribution is -2.42. The molecule has 2 heterocycles. The predicted molar refractivity (Wildman–Crippen MR) is 126 cm³/mol. The molecule has 4 rings (SSSR count). The van der Waals surface area contributed by atoms with E-state index in [1.165, 1.54) is 0 Å². The Hall–Kier alpha value is -3.45. The number of H-pyrrole nitrogens is 1. The maximum absolute atomic E-state index is 10.6. The number of hydrogen-bond donors (Lipinski definition) is 2. The number of aromatic amines is 1. The highest BCUT2D eigenvalue weighted by Crippen LogP contribution is 2.33. The molecule has 0 amide bonds. The zero-order valence-corrected chi connectivity index (χ0v) is 18.4. The molecule has 0 fully saturated rings. The molecule has 2 N–H and O–H groups in total. The van der Waals surface area contributed by atoms with Gasteiger partial charge in [-0.3, -0.25) is 0 Å². The summed E-state index contributed by atoms with van der Waals surface area (Å²) < 4.78 is 0. The van der Waals surface area contributed by atoms with Crippen LogP contribution in [0.1, 0.15) is 11.3 Å². The van der Waals surface area contributed by atoms with Crippen molar-refractivity contribution >= 4 is 17.6 Å². The average molecular weight is 417 g/mol. The zero-order chi connectivity index (χ0) is 22.0. The van der Waals surface area contributed by atoms with E-state index in [0.717, 1.165) is 34.2 Å². The fourth-order valence-corrected chi connectivity index (χ4v) is 3.75. The Balaban J connectivity index is 1.83. The number of benzene rings is 2. The summed E-state index contributed by atoms with van der Waals surface area (Å²) in [6.45, 7) is -0.164. The van der Waals surface area contributed by atoms with Crippen molar-refractivity contribution in [2.45, 2.75) is 12.0 Å². The molecular weight excluding hydrogens is 388 g/mol. The largest absolute Gasteiger partial charge is 0.393 e. The lowest BCUT2D eigenvalue weighted by Gasteiger charge is -2.26. The molecule has 7 nitrogen and oxygen atoms in total. The van der Waals surface area contributed by atoms with Crippen molar-refractivity contribution in [3.05, 3.63) is 71.9 Å². The Morgan fingerprint density at radius 2 is 1.48 bits per heavy atom. The zero-order valence-electron chi connectivity index (χ0n) is 18.4. The summed E-state index contributed by atoms with van der Waals surface area (Å²) in [4.78, 5) is 21.8. The third-order valence-electron chi connectivity index (χ3n) is 5.38. The van der Waals surface area contributed by atoms with Crippen LogP contribution in [-0.2, 0) is 6.42 Å². The van der Waals surface area contributed by atoms with E-state index in [2.05, 4.69) is 4.98 Å². The Labute approximate surface area is 182 Å². The van der Waals surface area contributed by atoms with E-state index >= 15 is 0 Å². The van der Waals surface area contributed by atoms with E-state index in [4.69, 9.17) is 15.0 Å². The van der Waals surface area contributed by atoms with Crippen molar-refractivity contribution in [3.63, 3.8) is 0 Å². The van der Waals surface area contributed by atoms with E-state index in [9.17, 15) is 5.11 Å². The van der Waals surface area contributed by atoms with Gasteiger partial charge in [0.2, 0.25) is 11.9 Å². The quantitative estimate of drug-likeness (QED) is 0.648. The van der Waals surface area contributed by atoms with E-state index in [-0.39, 0.29) is 6.61 Å². The van der Waals surface area contributed by atoms with Crippen LogP contribution in [0.4, 0.5) is 5.95 Å². The van der Waals surface area contributed by atoms with Crippen molar-refractivity contribution in [2.75, 3.05) is 39.7 Å². The molecule has 1 atom stereocenters. The van der Waals surface area contributed by atoms with Crippen molar-refractivity contribution in [1.82, 2.24) is 14.9 Å². The number of imidazole rings is 1. The number of aromatic nitrogens is 2. The number of rotatable bonds is 6. The van der Waals surface area contributed by atoms with Gasteiger partial charge in [0.25, 0.3) is 0 Å². The van der Waals surface area contributed by atoms with Gasteiger partial charge >= 0.3 is 0 Å². The molecule has 7 heteroatoms. The number of aliphatic hydroxyl groups is 1. The van der Waals surface area contributed by atoms with E-state index in [1.807, 2.05) is 98.7 Å². The molecule has 0 saturated heterocycles. The van der Waals surface area contributed by atoms with E-state index in [0.29, 0.717) is 12.4 Å². The maximum atomic E-state index is 10.6. The smallest absolute Gasteiger partial charge is 0.221 e. The molecular formula is C24H28N6O. The van der Waals surface area contributed by atoms with Crippen LogP contribution in [0.3, 0.4) is 0 Å². The second kappa shape index (κ2) is 8.35. The molecule has 0 saturated carbocycles. The number of aliphatic imine (C=N–C) groups is 2. The summed E-state index contributed by atoms with van der Waals surface area (Å²) in [5.74, 6) is 1.36. The normalized spacial score (nSPS) is 18.0. The summed E-state index contributed by atoms with van der Waals surface area (Å²) in [5.41, 5.74) is 3.60. The van der Waals surface area contributed by atoms with Crippen molar-refractivity contribution in [2.24, 2.45) is 9.98 Å². The van der Waals surface area contributed by atoms with Crippen LogP contribution in [0.25, 0.3) is 11.3 Å². The Morgan fingerprint density at radius 1 is 0.871 bits per heavy atom. The fraction of sp³-hybridized carbons (Fsp3) is 0.292. The van der Waals surface area contributed by atoms with Crippen LogP contribution >= 0.6 is 0 Å². The Bertz CT molecular complexity index is 1100. The first kappa shape index (κ1) is 20.8. The van der Waals surface area contributed by atoms with Crippen molar-refractivity contribution in [1.29, 1.82) is 0 Å². The highest BCUT2D eigenvalue weighted by molar-refractivity contribution is 6.16. The van der Waals surface area contributed by atoms with Crippen LogP contribution in [-0.4, -0.2) is 72.0 Å². The van der Waals surface area contributed by atoms with Crippen molar-refractivity contribution in [3.8, 4) is 11.3 Å². The minimum atomic E-state index is -0.902. The Morgan fingerprint density at radius 3 is 2.03 bits per heavy atom. The van der Waals surface area contributed by atoms with Gasteiger partial charge in [0.05, 0.1) is 18.0 Å². The lowest BCUT2D eigenvalue weighted by molar-refractivity contribution is 0.239. The molecule has 1 aliphatic rings. The molecule has 0 bridgehead atoms. The first-order chi connectivity index (χ1) is 14.9. The van der Waals surface area contributed by atoms with Crippen LogP contribution in [0.2, 0.25) is 0 Å². The van der Waals surface area contributed by atoms with Gasteiger partial charge in [0.15, 0.2) is 0 Å². The summed E-state index contributed by atoms with van der Waals surface area (Å²) in [6.07, 6.45) is 0.444. The number of anilines is 1. The van der Waals surface area contributed by atoms with Gasteiger partial charge in [-0.25, -0.2) is 15.0 Å². The molecule has 3 aromatic rings. The van der Waals surface area contributed by atoms with E-state index < -0.39 is 5.54 Å². The summed E-state index contributed by atoms with van der Waals surface area (Å²) in [7, 11) is 7.73. The third-order valence-corrected chi connectivity index (χ3v) is 5.38. The third kappa shape index (κ3) is 3.96. The van der Waals surface area contributed by atoms with Crippen LogP contribution in [0, 0.1) is 0 Å². The first-order valence-corrected chi connectivity index (χ1v) is 10.3. The SMILES string of the molecule is CN(C)C1=NC(CO)(Cc2[nH]c(N(C)C)nc2-c2ccccc2)C(c2ccccc2)=N1. The monoisotopic (exact) mass is 416 g/mol. The molecule has 1 aromatic heterocycles. The first-order valence-electron chi connectivity index (χ1n) is 10.3. The number of hydrogen-bond acceptors (Lipinski definition) is 6. The minimum absolute atomic E-state index is 0.164. The van der Waals surface area contributed by atoms with Gasteiger partial charge in [0, 0.05) is 45.9 Å². The molecule has 31 heavy (non-hydrogen) atoms. The summed E-state index contributed by atoms with van der Waals surface area (Å²) in [6, 6.07) is 20.0. The summed E-state index contributed by atoms with van der Waals surface area (Å²) in [5, 5.41) is 10.6. The van der Waals surface area contributed by atoms with E-state index in [1.54, 1.807) is 0 Å². The van der Waals surface area contributed by atoms with Crippen LogP contribution < -0.4 is 4.90 Å². The van der Waals surface area contributed by atoms with Crippen LogP contribution in [0.5, 0.6) is 0 Å².